The third-order valence-electron chi connectivity index (χ3n) is 3.85. The van der Waals surface area contributed by atoms with Gasteiger partial charge in [-0.25, -0.2) is 0 Å². The van der Waals surface area contributed by atoms with Gasteiger partial charge in [-0.15, -0.1) is 11.3 Å². The smallest absolute Gasteiger partial charge is 0.109 e. The zero-order chi connectivity index (χ0) is 13.8. The number of hydrogen-bond donors (Lipinski definition) is 0. The highest BCUT2D eigenvalue weighted by Gasteiger charge is 2.20. The minimum atomic E-state index is 0.0980. The molecule has 0 fully saturated rings. The van der Waals surface area contributed by atoms with Gasteiger partial charge in [-0.05, 0) is 42.5 Å². The summed E-state index contributed by atoms with van der Waals surface area (Å²) in [7, 11) is 2.20. The first-order valence-corrected chi connectivity index (χ1v) is 8.14. The number of thiophene rings is 1. The lowest BCUT2D eigenvalue weighted by molar-refractivity contribution is 0.0711. The minimum absolute atomic E-state index is 0.0980. The summed E-state index contributed by atoms with van der Waals surface area (Å²) in [5.41, 5.74) is 2.62. The van der Waals surface area contributed by atoms with Crippen LogP contribution in [-0.2, 0) is 11.2 Å². The van der Waals surface area contributed by atoms with E-state index in [0.717, 1.165) is 32.5 Å². The largest absolute Gasteiger partial charge is 0.369 e. The molecule has 1 aliphatic rings. The van der Waals surface area contributed by atoms with Crippen molar-refractivity contribution in [3.05, 3.63) is 57.8 Å². The number of fused-ring (bicyclic) bond motifs is 1. The summed E-state index contributed by atoms with van der Waals surface area (Å²) in [6.45, 7) is 3.07. The molecule has 1 unspecified atom stereocenters. The van der Waals surface area contributed by atoms with Crippen LogP contribution in [0.5, 0.6) is 0 Å². The lowest BCUT2D eigenvalue weighted by Crippen LogP contribution is -2.25. The lowest BCUT2D eigenvalue weighted by atomic mass is 10.0. The van der Waals surface area contributed by atoms with Crippen molar-refractivity contribution in [2.45, 2.75) is 18.9 Å². The van der Waals surface area contributed by atoms with E-state index in [1.54, 1.807) is 0 Å². The molecular weight excluding hydrogens is 266 g/mol. The molecule has 2 heterocycles. The molecule has 0 radical (unpaired) electrons. The lowest BCUT2D eigenvalue weighted by Gasteiger charge is -2.24. The summed E-state index contributed by atoms with van der Waals surface area (Å²) in [4.78, 5) is 3.86. The zero-order valence-electron chi connectivity index (χ0n) is 11.9. The van der Waals surface area contributed by atoms with Gasteiger partial charge in [0.15, 0.2) is 0 Å². The van der Waals surface area contributed by atoms with Gasteiger partial charge in [0.1, 0.15) is 6.10 Å². The first kappa shape index (κ1) is 13.8. The highest BCUT2D eigenvalue weighted by Crippen LogP contribution is 2.32. The van der Waals surface area contributed by atoms with Crippen molar-refractivity contribution in [2.24, 2.45) is 0 Å². The average Bonchev–Trinajstić information content (AvgIpc) is 2.94. The number of hydrogen-bond acceptors (Lipinski definition) is 3. The molecule has 20 heavy (non-hydrogen) atoms. The van der Waals surface area contributed by atoms with Crippen LogP contribution in [0.2, 0.25) is 0 Å². The van der Waals surface area contributed by atoms with Crippen molar-refractivity contribution >= 4 is 11.3 Å². The summed E-state index contributed by atoms with van der Waals surface area (Å²) in [6.07, 6.45) is 2.32. The van der Waals surface area contributed by atoms with Crippen LogP contribution in [0, 0.1) is 0 Å². The Morgan fingerprint density at radius 3 is 2.85 bits per heavy atom. The highest BCUT2D eigenvalue weighted by molar-refractivity contribution is 7.10. The first-order valence-electron chi connectivity index (χ1n) is 7.26. The maximum Gasteiger partial charge on any atom is 0.109 e. The Labute approximate surface area is 125 Å². The van der Waals surface area contributed by atoms with E-state index in [-0.39, 0.29) is 6.10 Å². The highest BCUT2D eigenvalue weighted by atomic mass is 32.1. The fourth-order valence-corrected chi connectivity index (χ4v) is 3.62. The average molecular weight is 287 g/mol. The Kier molecular flexibility index (Phi) is 4.51. The zero-order valence-corrected chi connectivity index (χ0v) is 12.7. The van der Waals surface area contributed by atoms with Gasteiger partial charge in [0.2, 0.25) is 0 Å². The molecule has 1 aliphatic heterocycles. The van der Waals surface area contributed by atoms with Gasteiger partial charge < -0.3 is 9.64 Å². The van der Waals surface area contributed by atoms with Crippen molar-refractivity contribution in [2.75, 3.05) is 26.7 Å². The van der Waals surface area contributed by atoms with Crippen LogP contribution in [0.1, 0.15) is 28.5 Å². The molecule has 0 bridgehead atoms. The van der Waals surface area contributed by atoms with E-state index in [1.807, 2.05) is 11.3 Å². The van der Waals surface area contributed by atoms with E-state index >= 15 is 0 Å². The Morgan fingerprint density at radius 2 is 2.00 bits per heavy atom. The van der Waals surface area contributed by atoms with E-state index in [0.29, 0.717) is 0 Å². The summed E-state index contributed by atoms with van der Waals surface area (Å²) >= 11 is 1.86. The number of rotatable bonds is 1. The Hall–Kier alpha value is -1.16. The second-order valence-electron chi connectivity index (χ2n) is 5.37. The molecule has 0 N–H and O–H groups in total. The number of likely N-dealkylation sites (N-methyl/N-ethyl adjacent to an activating group) is 1. The third-order valence-corrected chi connectivity index (χ3v) is 4.85. The predicted octanol–water partition coefficient (Wildman–Crippen LogP) is 3.73. The molecule has 2 nitrogen and oxygen atoms in total. The summed E-state index contributed by atoms with van der Waals surface area (Å²) in [6, 6.07) is 12.8. The Balaban J connectivity index is 1.92. The van der Waals surface area contributed by atoms with Crippen LogP contribution in [0.4, 0.5) is 0 Å². The molecule has 1 aromatic carbocycles. The van der Waals surface area contributed by atoms with Gasteiger partial charge in [0.05, 0.1) is 0 Å². The fraction of sp³-hybridized carbons (Fsp3) is 0.412. The molecule has 3 rings (SSSR count). The summed E-state index contributed by atoms with van der Waals surface area (Å²) in [5.74, 6) is 0. The third kappa shape index (κ3) is 3.11. The summed E-state index contributed by atoms with van der Waals surface area (Å²) in [5, 5.41) is 2.20. The second-order valence-corrected chi connectivity index (χ2v) is 6.37. The standard InChI is InChI=1S/C17H21NOS/c1-18-10-5-12-19-17(14-6-3-2-4-7-14)15-9-13-20-16(15)8-11-18/h2-4,6-7,9,13,17H,5,8,10-12H2,1H3. The SMILES string of the molecule is CN1CCCOC(c2ccccc2)c2ccsc2CC1. The van der Waals surface area contributed by atoms with Crippen LogP contribution in [0.3, 0.4) is 0 Å². The van der Waals surface area contributed by atoms with E-state index in [1.165, 1.54) is 16.0 Å². The molecule has 106 valence electrons. The Morgan fingerprint density at radius 1 is 1.15 bits per heavy atom. The quantitative estimate of drug-likeness (QED) is 0.792. The van der Waals surface area contributed by atoms with Crippen LogP contribution in [-0.4, -0.2) is 31.6 Å². The van der Waals surface area contributed by atoms with Gasteiger partial charge in [-0.2, -0.15) is 0 Å². The molecule has 3 heteroatoms. The molecule has 0 saturated carbocycles. The number of benzene rings is 1. The van der Waals surface area contributed by atoms with E-state index in [2.05, 4.69) is 53.7 Å². The van der Waals surface area contributed by atoms with Crippen molar-refractivity contribution in [1.29, 1.82) is 0 Å². The van der Waals surface area contributed by atoms with Crippen LogP contribution in [0.25, 0.3) is 0 Å². The van der Waals surface area contributed by atoms with Gasteiger partial charge >= 0.3 is 0 Å². The fourth-order valence-electron chi connectivity index (χ4n) is 2.72. The Bertz CT molecular complexity index is 537. The predicted molar refractivity (Wildman–Crippen MR) is 84.4 cm³/mol. The first-order chi connectivity index (χ1) is 9.84. The van der Waals surface area contributed by atoms with Crippen LogP contribution < -0.4 is 0 Å². The minimum Gasteiger partial charge on any atom is -0.369 e. The number of nitrogens with zero attached hydrogens (tertiary/aromatic N) is 1. The van der Waals surface area contributed by atoms with Crippen molar-refractivity contribution < 1.29 is 4.74 Å². The molecule has 1 atom stereocenters. The molecule has 0 aliphatic carbocycles. The molecule has 2 aromatic rings. The molecule has 0 spiro atoms. The van der Waals surface area contributed by atoms with Crippen molar-refractivity contribution in [1.82, 2.24) is 4.90 Å². The van der Waals surface area contributed by atoms with Gasteiger partial charge in [0.25, 0.3) is 0 Å². The van der Waals surface area contributed by atoms with Gasteiger partial charge in [0, 0.05) is 24.6 Å². The molecule has 1 aromatic heterocycles. The van der Waals surface area contributed by atoms with E-state index in [9.17, 15) is 0 Å². The van der Waals surface area contributed by atoms with Crippen LogP contribution >= 0.6 is 11.3 Å². The van der Waals surface area contributed by atoms with Crippen molar-refractivity contribution in [3.8, 4) is 0 Å². The molecule has 0 saturated heterocycles. The maximum atomic E-state index is 6.22. The maximum absolute atomic E-state index is 6.22. The van der Waals surface area contributed by atoms with Crippen LogP contribution in [0.15, 0.2) is 41.8 Å². The van der Waals surface area contributed by atoms with E-state index < -0.39 is 0 Å². The van der Waals surface area contributed by atoms with Gasteiger partial charge in [-0.1, -0.05) is 30.3 Å². The normalized spacial score (nSPS) is 21.4. The number of ether oxygens (including phenoxy) is 1. The second kappa shape index (κ2) is 6.53. The molecule has 0 amide bonds. The van der Waals surface area contributed by atoms with E-state index in [4.69, 9.17) is 4.74 Å². The summed E-state index contributed by atoms with van der Waals surface area (Å²) < 4.78 is 6.22. The van der Waals surface area contributed by atoms with Gasteiger partial charge in [-0.3, -0.25) is 0 Å². The monoisotopic (exact) mass is 287 g/mol. The van der Waals surface area contributed by atoms with Crippen molar-refractivity contribution in [3.63, 3.8) is 0 Å². The topological polar surface area (TPSA) is 12.5 Å². The molecular formula is C17H21NOS.